The Labute approximate surface area is 175 Å². The van der Waals surface area contributed by atoms with E-state index in [1.807, 2.05) is 6.92 Å². The minimum absolute atomic E-state index is 0.0671. The molecular weight excluding hydrogens is 464 g/mol. The number of carbonyl (C=O) groups is 1. The highest BCUT2D eigenvalue weighted by atomic mass is 35.5. The van der Waals surface area contributed by atoms with Crippen LogP contribution in [0.5, 0.6) is 5.75 Å². The first kappa shape index (κ1) is 23.3. The Bertz CT molecular complexity index is 938. The number of Topliss-reactive ketones (excluding diaryl/α,β-unsaturated/α-hetero) is 1. The maximum Gasteiger partial charge on any atom is 0.534 e. The fraction of sp³-hybridized carbons (Fsp3) is 0.471. The first-order valence-electron chi connectivity index (χ1n) is 8.14. The third-order valence-corrected chi connectivity index (χ3v) is 6.45. The summed E-state index contributed by atoms with van der Waals surface area (Å²) in [5.41, 5.74) is -6.17. The van der Waals surface area contributed by atoms with E-state index in [-0.39, 0.29) is 28.4 Å². The molecule has 0 fully saturated rings. The summed E-state index contributed by atoms with van der Waals surface area (Å²) < 4.78 is 64.7. The molecule has 0 saturated heterocycles. The number of allylic oxidation sites excluding steroid dienone is 2. The van der Waals surface area contributed by atoms with Gasteiger partial charge in [-0.15, -0.1) is 0 Å². The Morgan fingerprint density at radius 1 is 1.32 bits per heavy atom. The molecule has 0 heterocycles. The molecule has 0 aliphatic heterocycles. The zero-order chi connectivity index (χ0) is 21.5. The van der Waals surface area contributed by atoms with Crippen LogP contribution in [0.4, 0.5) is 13.2 Å². The van der Waals surface area contributed by atoms with Crippen molar-refractivity contribution in [2.75, 3.05) is 0 Å². The average molecular weight is 480 g/mol. The predicted molar refractivity (Wildman–Crippen MR) is 102 cm³/mol. The lowest BCUT2D eigenvalue weighted by molar-refractivity contribution is -0.0500. The van der Waals surface area contributed by atoms with E-state index in [2.05, 4.69) is 4.18 Å². The van der Waals surface area contributed by atoms with E-state index < -0.39 is 31.8 Å². The topological polar surface area (TPSA) is 60.4 Å². The molecule has 1 unspecified atom stereocenters. The van der Waals surface area contributed by atoms with E-state index >= 15 is 0 Å². The number of hydrogen-bond acceptors (Lipinski definition) is 4. The van der Waals surface area contributed by atoms with E-state index in [0.29, 0.717) is 24.3 Å². The molecular formula is C17H16Cl3F3O4S. The Morgan fingerprint density at radius 3 is 2.43 bits per heavy atom. The van der Waals surface area contributed by atoms with Gasteiger partial charge in [-0.05, 0) is 37.8 Å². The minimum Gasteiger partial charge on any atom is -0.374 e. The summed E-state index contributed by atoms with van der Waals surface area (Å²) >= 11 is 17.9. The van der Waals surface area contributed by atoms with Crippen molar-refractivity contribution in [2.24, 2.45) is 5.41 Å². The molecule has 1 aliphatic rings. The van der Waals surface area contributed by atoms with Gasteiger partial charge in [-0.2, -0.15) is 21.6 Å². The summed E-state index contributed by atoms with van der Waals surface area (Å²) in [4.78, 5) is 13.1. The summed E-state index contributed by atoms with van der Waals surface area (Å²) in [6, 6.07) is 1.03. The molecule has 0 radical (unpaired) electrons. The number of carbonyl (C=O) groups excluding carboxylic acids is 1. The van der Waals surface area contributed by atoms with Gasteiger partial charge in [0.25, 0.3) is 0 Å². The van der Waals surface area contributed by atoms with Crippen LogP contribution in [0.15, 0.2) is 17.2 Å². The first-order valence-corrected chi connectivity index (χ1v) is 10.7. The Hall–Kier alpha value is -0.960. The lowest BCUT2D eigenvalue weighted by Crippen LogP contribution is -2.28. The molecule has 1 aromatic rings. The number of ketones is 1. The van der Waals surface area contributed by atoms with Crippen molar-refractivity contribution < 1.29 is 30.6 Å². The van der Waals surface area contributed by atoms with Crippen LogP contribution in [-0.2, 0) is 16.5 Å². The number of alkyl halides is 3. The zero-order valence-electron chi connectivity index (χ0n) is 14.8. The molecule has 11 heteroatoms. The van der Waals surface area contributed by atoms with Crippen molar-refractivity contribution in [1.29, 1.82) is 0 Å². The monoisotopic (exact) mass is 478 g/mol. The number of hydrogen-bond donors (Lipinski definition) is 0. The summed E-state index contributed by atoms with van der Waals surface area (Å²) in [7, 11) is -5.94. The van der Waals surface area contributed by atoms with Crippen molar-refractivity contribution >= 4 is 50.7 Å². The Kier molecular flexibility index (Phi) is 6.70. The number of fused-ring (bicyclic) bond motifs is 1. The lowest BCUT2D eigenvalue weighted by Gasteiger charge is -2.25. The molecule has 0 aromatic heterocycles. The predicted octanol–water partition coefficient (Wildman–Crippen LogP) is 6.28. The molecule has 4 nitrogen and oxygen atoms in total. The van der Waals surface area contributed by atoms with Gasteiger partial charge in [-0.3, -0.25) is 4.79 Å². The highest BCUT2D eigenvalue weighted by Crippen LogP contribution is 2.50. The third-order valence-electron chi connectivity index (χ3n) is 4.48. The highest BCUT2D eigenvalue weighted by molar-refractivity contribution is 7.88. The van der Waals surface area contributed by atoms with Gasteiger partial charge >= 0.3 is 15.6 Å². The average Bonchev–Trinajstić information content (AvgIpc) is 2.82. The number of rotatable bonds is 6. The van der Waals surface area contributed by atoms with Crippen LogP contribution in [0.3, 0.4) is 0 Å². The summed E-state index contributed by atoms with van der Waals surface area (Å²) in [6.45, 7) is 3.54. The molecule has 0 spiro atoms. The molecule has 1 atom stereocenters. The Balaban J connectivity index is 2.55. The highest BCUT2D eigenvalue weighted by Gasteiger charge is 2.50. The maximum absolute atomic E-state index is 13.1. The molecule has 1 aromatic carbocycles. The van der Waals surface area contributed by atoms with Gasteiger partial charge < -0.3 is 4.18 Å². The number of benzene rings is 1. The van der Waals surface area contributed by atoms with Gasteiger partial charge in [0.15, 0.2) is 11.5 Å². The van der Waals surface area contributed by atoms with Crippen molar-refractivity contribution in [1.82, 2.24) is 0 Å². The number of halogens is 6. The molecule has 1 aliphatic carbocycles. The zero-order valence-corrected chi connectivity index (χ0v) is 17.9. The lowest BCUT2D eigenvalue weighted by atomic mass is 9.76. The Morgan fingerprint density at radius 2 is 1.93 bits per heavy atom. The summed E-state index contributed by atoms with van der Waals surface area (Å²) in [5, 5.41) is -0.414. The normalized spacial score (nSPS) is 20.4. The van der Waals surface area contributed by atoms with Crippen LogP contribution in [0.2, 0.25) is 10.0 Å². The fourth-order valence-electron chi connectivity index (χ4n) is 3.26. The van der Waals surface area contributed by atoms with E-state index in [4.69, 9.17) is 34.8 Å². The standard InChI is InChI=1S/C17H16Cl3F3O4S/c1-3-5-16(6-4-9(2)18)8-10-7-11(27-28(25,26)17(21,22)23)13(19)14(20)12(10)15(16)24/h4,7H,3,5-6,8H2,1-2H3. The second kappa shape index (κ2) is 8.05. The molecule has 0 bridgehead atoms. The molecule has 0 N–H and O–H groups in total. The molecule has 156 valence electrons. The van der Waals surface area contributed by atoms with Crippen LogP contribution >= 0.6 is 34.8 Å². The third kappa shape index (κ3) is 4.30. The molecule has 0 saturated carbocycles. The largest absolute Gasteiger partial charge is 0.534 e. The van der Waals surface area contributed by atoms with Gasteiger partial charge in [-0.1, -0.05) is 54.2 Å². The molecule has 0 amide bonds. The van der Waals surface area contributed by atoms with Gasteiger partial charge in [0.2, 0.25) is 0 Å². The smallest absolute Gasteiger partial charge is 0.374 e. The summed E-state index contributed by atoms with van der Waals surface area (Å²) in [5.74, 6) is -1.08. The van der Waals surface area contributed by atoms with E-state index in [1.165, 1.54) is 0 Å². The van der Waals surface area contributed by atoms with Crippen molar-refractivity contribution in [3.63, 3.8) is 0 Å². The van der Waals surface area contributed by atoms with Crippen LogP contribution in [0, 0.1) is 5.41 Å². The first-order chi connectivity index (χ1) is 12.8. The van der Waals surface area contributed by atoms with Crippen LogP contribution in [-0.4, -0.2) is 19.7 Å². The van der Waals surface area contributed by atoms with Gasteiger partial charge in [0.1, 0.15) is 5.02 Å². The van der Waals surface area contributed by atoms with Crippen LogP contribution in [0.25, 0.3) is 0 Å². The molecule has 28 heavy (non-hydrogen) atoms. The second-order valence-corrected chi connectivity index (χ2v) is 9.44. The van der Waals surface area contributed by atoms with Gasteiger partial charge in [0.05, 0.1) is 5.02 Å². The van der Waals surface area contributed by atoms with E-state index in [1.54, 1.807) is 13.0 Å². The quantitative estimate of drug-likeness (QED) is 0.356. The minimum atomic E-state index is -5.94. The van der Waals surface area contributed by atoms with E-state index in [0.717, 1.165) is 6.07 Å². The second-order valence-electron chi connectivity index (χ2n) is 6.55. The fourth-order valence-corrected chi connectivity index (χ4v) is 4.33. The van der Waals surface area contributed by atoms with Crippen LogP contribution in [0.1, 0.15) is 49.0 Å². The van der Waals surface area contributed by atoms with Gasteiger partial charge in [0, 0.05) is 16.0 Å². The maximum atomic E-state index is 13.1. The SMILES string of the molecule is CCCC1(CC=C(C)Cl)Cc2cc(OS(=O)(=O)C(F)(F)F)c(Cl)c(Cl)c2C1=O. The van der Waals surface area contributed by atoms with E-state index in [9.17, 15) is 26.4 Å². The van der Waals surface area contributed by atoms with Crippen molar-refractivity contribution in [3.8, 4) is 5.75 Å². The van der Waals surface area contributed by atoms with Crippen molar-refractivity contribution in [2.45, 2.75) is 45.0 Å². The van der Waals surface area contributed by atoms with Crippen molar-refractivity contribution in [3.05, 3.63) is 38.3 Å². The van der Waals surface area contributed by atoms with Crippen LogP contribution < -0.4 is 4.18 Å². The van der Waals surface area contributed by atoms with Gasteiger partial charge in [-0.25, -0.2) is 0 Å². The molecule has 2 rings (SSSR count). The summed E-state index contributed by atoms with van der Waals surface area (Å²) in [6.07, 6.45) is 3.27.